The number of likely N-dealkylation sites (tertiary alicyclic amines) is 1. The Hall–Kier alpha value is -3.02. The van der Waals surface area contributed by atoms with E-state index in [1.165, 1.54) is 5.56 Å². The summed E-state index contributed by atoms with van der Waals surface area (Å²) < 4.78 is 10.8. The minimum absolute atomic E-state index is 0.0148. The largest absolute Gasteiger partial charge is 0.493 e. The molecule has 29 heavy (non-hydrogen) atoms. The van der Waals surface area contributed by atoms with Gasteiger partial charge in [-0.15, -0.1) is 0 Å². The summed E-state index contributed by atoms with van der Waals surface area (Å²) in [7, 11) is 5.02. The second-order valence-electron chi connectivity index (χ2n) is 7.66. The molecule has 6 heteroatoms. The van der Waals surface area contributed by atoms with Gasteiger partial charge in [0, 0.05) is 26.6 Å². The van der Waals surface area contributed by atoms with Crippen LogP contribution in [0.5, 0.6) is 11.5 Å². The number of fused-ring (bicyclic) bond motifs is 1. The van der Waals surface area contributed by atoms with Crippen LogP contribution < -0.4 is 9.47 Å². The Balaban J connectivity index is 1.59. The fourth-order valence-electron chi connectivity index (χ4n) is 4.50. The van der Waals surface area contributed by atoms with E-state index in [1.807, 2.05) is 47.4 Å². The number of rotatable bonds is 4. The highest BCUT2D eigenvalue weighted by atomic mass is 16.5. The molecule has 0 unspecified atom stereocenters. The predicted molar refractivity (Wildman–Crippen MR) is 109 cm³/mol. The average Bonchev–Trinajstić information content (AvgIpc) is 3.06. The SMILES string of the molecule is COc1cc2c(cc1OC)CN(C(=O)[C@@H]1CC(=O)N(C)[C@@H]1c1ccccc1)CC2. The zero-order chi connectivity index (χ0) is 20.5. The topological polar surface area (TPSA) is 59.1 Å². The average molecular weight is 394 g/mol. The Labute approximate surface area is 171 Å². The molecule has 2 atom stereocenters. The van der Waals surface area contributed by atoms with Crippen molar-refractivity contribution in [2.75, 3.05) is 27.8 Å². The lowest BCUT2D eigenvalue weighted by Gasteiger charge is -2.33. The zero-order valence-corrected chi connectivity index (χ0v) is 17.1. The lowest BCUT2D eigenvalue weighted by atomic mass is 9.91. The molecule has 0 aromatic heterocycles. The first-order valence-corrected chi connectivity index (χ1v) is 9.86. The van der Waals surface area contributed by atoms with Crippen LogP contribution in [0.25, 0.3) is 0 Å². The van der Waals surface area contributed by atoms with Crippen molar-refractivity contribution in [3.8, 4) is 11.5 Å². The van der Waals surface area contributed by atoms with Crippen molar-refractivity contribution >= 4 is 11.8 Å². The van der Waals surface area contributed by atoms with Crippen LogP contribution in [0.1, 0.15) is 29.2 Å². The van der Waals surface area contributed by atoms with E-state index in [0.29, 0.717) is 24.6 Å². The first-order valence-electron chi connectivity index (χ1n) is 9.86. The number of hydrogen-bond donors (Lipinski definition) is 0. The van der Waals surface area contributed by atoms with E-state index < -0.39 is 0 Å². The van der Waals surface area contributed by atoms with Crippen LogP contribution in [-0.4, -0.2) is 49.4 Å². The van der Waals surface area contributed by atoms with Crippen molar-refractivity contribution in [3.05, 3.63) is 59.2 Å². The Morgan fingerprint density at radius 1 is 1.03 bits per heavy atom. The molecule has 6 nitrogen and oxygen atoms in total. The number of carbonyl (C=O) groups is 2. The molecule has 4 rings (SSSR count). The van der Waals surface area contributed by atoms with Crippen molar-refractivity contribution in [3.63, 3.8) is 0 Å². The molecule has 2 amide bonds. The van der Waals surface area contributed by atoms with Crippen molar-refractivity contribution < 1.29 is 19.1 Å². The van der Waals surface area contributed by atoms with Crippen LogP contribution in [0.3, 0.4) is 0 Å². The molecule has 0 radical (unpaired) electrons. The molecule has 0 aliphatic carbocycles. The summed E-state index contributed by atoms with van der Waals surface area (Å²) in [4.78, 5) is 29.5. The second-order valence-corrected chi connectivity index (χ2v) is 7.66. The molecule has 2 aliphatic rings. The van der Waals surface area contributed by atoms with Crippen LogP contribution in [0.4, 0.5) is 0 Å². The Morgan fingerprint density at radius 3 is 2.34 bits per heavy atom. The maximum absolute atomic E-state index is 13.5. The molecule has 0 saturated carbocycles. The summed E-state index contributed by atoms with van der Waals surface area (Å²) in [6.45, 7) is 1.15. The van der Waals surface area contributed by atoms with Gasteiger partial charge in [-0.2, -0.15) is 0 Å². The number of benzene rings is 2. The smallest absolute Gasteiger partial charge is 0.228 e. The van der Waals surface area contributed by atoms with Gasteiger partial charge in [0.05, 0.1) is 26.2 Å². The number of hydrogen-bond acceptors (Lipinski definition) is 4. The third-order valence-electron chi connectivity index (χ3n) is 6.07. The van der Waals surface area contributed by atoms with E-state index in [1.54, 1.807) is 26.2 Å². The molecular weight excluding hydrogens is 368 g/mol. The lowest BCUT2D eigenvalue weighted by molar-refractivity contribution is -0.137. The van der Waals surface area contributed by atoms with Crippen LogP contribution >= 0.6 is 0 Å². The summed E-state index contributed by atoms with van der Waals surface area (Å²) in [6, 6.07) is 13.5. The second kappa shape index (κ2) is 7.78. The van der Waals surface area contributed by atoms with Crippen molar-refractivity contribution in [1.29, 1.82) is 0 Å². The predicted octanol–water partition coefficient (Wildman–Crippen LogP) is 2.81. The first kappa shape index (κ1) is 19.3. The van der Waals surface area contributed by atoms with Crippen molar-refractivity contribution in [2.45, 2.75) is 25.4 Å². The van der Waals surface area contributed by atoms with Crippen LogP contribution in [0.2, 0.25) is 0 Å². The minimum Gasteiger partial charge on any atom is -0.493 e. The van der Waals surface area contributed by atoms with Gasteiger partial charge in [0.2, 0.25) is 11.8 Å². The van der Waals surface area contributed by atoms with Crippen molar-refractivity contribution in [2.24, 2.45) is 5.92 Å². The van der Waals surface area contributed by atoms with E-state index in [9.17, 15) is 9.59 Å². The van der Waals surface area contributed by atoms with Gasteiger partial charge in [0.15, 0.2) is 11.5 Å². The molecule has 1 fully saturated rings. The van der Waals surface area contributed by atoms with Gasteiger partial charge in [-0.25, -0.2) is 0 Å². The quantitative estimate of drug-likeness (QED) is 0.800. The molecule has 0 spiro atoms. The molecule has 0 bridgehead atoms. The summed E-state index contributed by atoms with van der Waals surface area (Å²) in [5, 5.41) is 0. The fraction of sp³-hybridized carbons (Fsp3) is 0.391. The lowest BCUT2D eigenvalue weighted by Crippen LogP contribution is -2.41. The van der Waals surface area contributed by atoms with Gasteiger partial charge in [0.1, 0.15) is 0 Å². The molecule has 2 heterocycles. The summed E-state index contributed by atoms with van der Waals surface area (Å²) in [5.74, 6) is 1.06. The molecule has 2 aliphatic heterocycles. The van der Waals surface area contributed by atoms with Crippen LogP contribution in [-0.2, 0) is 22.6 Å². The highest BCUT2D eigenvalue weighted by molar-refractivity contribution is 5.90. The summed E-state index contributed by atoms with van der Waals surface area (Å²) in [6.07, 6.45) is 1.01. The highest BCUT2D eigenvalue weighted by Gasteiger charge is 2.44. The molecule has 1 saturated heterocycles. The Bertz CT molecular complexity index is 928. The van der Waals surface area contributed by atoms with E-state index in [-0.39, 0.29) is 30.2 Å². The Kier molecular flexibility index (Phi) is 5.18. The fourth-order valence-corrected chi connectivity index (χ4v) is 4.50. The maximum atomic E-state index is 13.5. The van der Waals surface area contributed by atoms with Crippen molar-refractivity contribution in [1.82, 2.24) is 9.80 Å². The number of methoxy groups -OCH3 is 2. The van der Waals surface area contributed by atoms with Gasteiger partial charge in [-0.05, 0) is 35.2 Å². The zero-order valence-electron chi connectivity index (χ0n) is 17.1. The standard InChI is InChI=1S/C23H26N2O4/c1-24-21(26)13-18(22(24)15-7-5-4-6-8-15)23(27)25-10-9-16-11-19(28-2)20(29-3)12-17(16)14-25/h4-8,11-12,18,22H,9-10,13-14H2,1-3H3/t18-,22-/m1/s1. The van der Waals surface area contributed by atoms with E-state index in [2.05, 4.69) is 0 Å². The van der Waals surface area contributed by atoms with Gasteiger partial charge in [-0.1, -0.05) is 30.3 Å². The van der Waals surface area contributed by atoms with E-state index >= 15 is 0 Å². The monoisotopic (exact) mass is 394 g/mol. The van der Waals surface area contributed by atoms with Crippen LogP contribution in [0, 0.1) is 5.92 Å². The number of amides is 2. The molecule has 152 valence electrons. The first-order chi connectivity index (χ1) is 14.0. The number of carbonyl (C=O) groups excluding carboxylic acids is 2. The maximum Gasteiger partial charge on any atom is 0.228 e. The molecular formula is C23H26N2O4. The van der Waals surface area contributed by atoms with Gasteiger partial charge in [0.25, 0.3) is 0 Å². The highest BCUT2D eigenvalue weighted by Crippen LogP contribution is 2.39. The molecule has 0 N–H and O–H groups in total. The number of ether oxygens (including phenoxy) is 2. The summed E-state index contributed by atoms with van der Waals surface area (Å²) in [5.41, 5.74) is 3.24. The normalized spacial score (nSPS) is 21.1. The Morgan fingerprint density at radius 2 is 1.69 bits per heavy atom. The third kappa shape index (κ3) is 3.43. The molecule has 2 aromatic carbocycles. The summed E-state index contributed by atoms with van der Waals surface area (Å²) >= 11 is 0. The minimum atomic E-state index is -0.364. The van der Waals surface area contributed by atoms with Gasteiger partial charge < -0.3 is 19.3 Å². The number of nitrogens with zero attached hydrogens (tertiary/aromatic N) is 2. The van der Waals surface area contributed by atoms with E-state index in [0.717, 1.165) is 17.5 Å². The third-order valence-corrected chi connectivity index (χ3v) is 6.07. The molecule has 2 aromatic rings. The van der Waals surface area contributed by atoms with E-state index in [4.69, 9.17) is 9.47 Å². The van der Waals surface area contributed by atoms with Crippen LogP contribution in [0.15, 0.2) is 42.5 Å². The van der Waals surface area contributed by atoms with Gasteiger partial charge >= 0.3 is 0 Å². The van der Waals surface area contributed by atoms with Gasteiger partial charge in [-0.3, -0.25) is 9.59 Å².